The number of benzene rings is 4. The minimum absolute atomic E-state index is 0. The maximum absolute atomic E-state index is 6.25. The molecule has 0 fully saturated rings. The molecule has 2 heterocycles. The van der Waals surface area contributed by atoms with Gasteiger partial charge >= 0.3 is 0 Å². The number of pyridine rings is 1. The second-order valence-corrected chi connectivity index (χ2v) is 8.80. The number of hydrogen-bond acceptors (Lipinski definition) is 5. The van der Waals surface area contributed by atoms with E-state index in [0.717, 1.165) is 34.0 Å². The van der Waals surface area contributed by atoms with Crippen LogP contribution in [0.2, 0.25) is 0 Å². The van der Waals surface area contributed by atoms with Gasteiger partial charge in [0, 0.05) is 44.3 Å². The predicted octanol–water partition coefficient (Wildman–Crippen LogP) is 7.95. The van der Waals surface area contributed by atoms with Gasteiger partial charge in [0.2, 0.25) is 0 Å². The zero-order valence-corrected chi connectivity index (χ0v) is 23.5. The Morgan fingerprint density at radius 1 is 0.744 bits per heavy atom. The molecule has 1 aliphatic rings. The third-order valence-electron chi connectivity index (χ3n) is 6.12. The van der Waals surface area contributed by atoms with E-state index in [9.17, 15) is 0 Å². The molecule has 0 unspecified atom stereocenters. The van der Waals surface area contributed by atoms with Crippen LogP contribution >= 0.6 is 0 Å². The summed E-state index contributed by atoms with van der Waals surface area (Å²) in [5, 5.41) is 0. The molecule has 0 radical (unpaired) electrons. The summed E-state index contributed by atoms with van der Waals surface area (Å²) < 4.78 is 6.25. The molecule has 0 saturated carbocycles. The molecule has 0 aliphatic carbocycles. The first kappa shape index (κ1) is 26.3. The van der Waals surface area contributed by atoms with E-state index in [1.54, 1.807) is 6.20 Å². The summed E-state index contributed by atoms with van der Waals surface area (Å²) in [5.41, 5.74) is 4.94. The normalized spacial score (nSPS) is 12.2. The Morgan fingerprint density at radius 2 is 1.49 bits per heavy atom. The third kappa shape index (κ3) is 5.89. The van der Waals surface area contributed by atoms with Crippen LogP contribution in [0.1, 0.15) is 0 Å². The van der Waals surface area contributed by atoms with Crippen molar-refractivity contribution in [3.63, 3.8) is 0 Å². The summed E-state index contributed by atoms with van der Waals surface area (Å²) in [6, 6.07) is 43.2. The van der Waals surface area contributed by atoms with Crippen molar-refractivity contribution in [3.05, 3.63) is 147 Å². The summed E-state index contributed by atoms with van der Waals surface area (Å²) in [7, 11) is 1.99. The van der Waals surface area contributed by atoms with Gasteiger partial charge in [-0.2, -0.15) is 18.8 Å². The van der Waals surface area contributed by atoms with Crippen LogP contribution in [0.15, 0.2) is 128 Å². The van der Waals surface area contributed by atoms with E-state index in [0.29, 0.717) is 11.5 Å². The van der Waals surface area contributed by atoms with Gasteiger partial charge in [0.25, 0.3) is 0 Å². The first-order chi connectivity index (χ1) is 18.7. The van der Waals surface area contributed by atoms with Crippen LogP contribution in [-0.2, 0) is 21.1 Å². The minimum atomic E-state index is 0. The fourth-order valence-corrected chi connectivity index (χ4v) is 4.38. The van der Waals surface area contributed by atoms with E-state index in [4.69, 9.17) is 4.74 Å². The van der Waals surface area contributed by atoms with Gasteiger partial charge in [0.05, 0.1) is 5.69 Å². The molecule has 6 heteroatoms. The molecule has 39 heavy (non-hydrogen) atoms. The van der Waals surface area contributed by atoms with Crippen molar-refractivity contribution in [1.82, 2.24) is 9.88 Å². The first-order valence-corrected chi connectivity index (χ1v) is 12.4. The molecule has 196 valence electrons. The predicted molar refractivity (Wildman–Crippen MR) is 152 cm³/mol. The topological polar surface area (TPSA) is 31.8 Å². The van der Waals surface area contributed by atoms with Crippen molar-refractivity contribution in [2.75, 3.05) is 16.8 Å². The number of rotatable bonds is 7. The number of hydrogen-bond donors (Lipinski definition) is 0. The SMILES string of the molecule is CN1C=CN(c2[c-]c(Oc3[c-]c(N(c4ccccn4)c4ccccc4-c4ccccc4)ccc3)ccc2)[CH-]1.[Pt]. The van der Waals surface area contributed by atoms with E-state index >= 15 is 0 Å². The number of anilines is 4. The molecule has 0 atom stereocenters. The molecule has 5 aromatic rings. The summed E-state index contributed by atoms with van der Waals surface area (Å²) in [4.78, 5) is 10.8. The van der Waals surface area contributed by atoms with Gasteiger partial charge in [0.15, 0.2) is 0 Å². The quantitative estimate of drug-likeness (QED) is 0.162. The second-order valence-electron chi connectivity index (χ2n) is 8.80. The number of aromatic nitrogens is 1. The van der Waals surface area contributed by atoms with Gasteiger partial charge in [-0.05, 0) is 43.2 Å². The molecule has 6 rings (SSSR count). The minimum Gasteiger partial charge on any atom is -0.510 e. The molecule has 0 saturated heterocycles. The molecule has 0 amide bonds. The fourth-order valence-electron chi connectivity index (χ4n) is 4.38. The van der Waals surface area contributed by atoms with Gasteiger partial charge in [-0.25, -0.2) is 4.98 Å². The van der Waals surface area contributed by atoms with Crippen LogP contribution in [0.3, 0.4) is 0 Å². The van der Waals surface area contributed by atoms with Crippen LogP contribution in [-0.4, -0.2) is 16.9 Å². The Labute approximate surface area is 243 Å². The summed E-state index contributed by atoms with van der Waals surface area (Å²) in [6.45, 7) is 1.98. The standard InChI is InChI=1S/C33H25N4O.Pt/c1-35-21-22-36(25-35)27-13-9-15-29(23-27)38-30-16-10-14-28(24-30)37(33-19-7-8-20-34-33)32-18-6-5-17-31(32)26-11-3-2-4-12-26;/h2-22,25H,1H3;/q-3;. The zero-order valence-electron chi connectivity index (χ0n) is 21.2. The van der Waals surface area contributed by atoms with Crippen molar-refractivity contribution in [2.45, 2.75) is 0 Å². The Morgan fingerprint density at radius 3 is 2.26 bits per heavy atom. The van der Waals surface area contributed by atoms with Crippen molar-refractivity contribution in [2.24, 2.45) is 0 Å². The van der Waals surface area contributed by atoms with Gasteiger partial charge in [0.1, 0.15) is 5.82 Å². The average Bonchev–Trinajstić information content (AvgIpc) is 3.41. The third-order valence-corrected chi connectivity index (χ3v) is 6.12. The van der Waals surface area contributed by atoms with Crippen LogP contribution in [0.25, 0.3) is 11.1 Å². The van der Waals surface area contributed by atoms with Crippen LogP contribution < -0.4 is 14.5 Å². The van der Waals surface area contributed by atoms with Crippen LogP contribution in [0.4, 0.5) is 22.9 Å². The van der Waals surface area contributed by atoms with E-state index < -0.39 is 0 Å². The van der Waals surface area contributed by atoms with Crippen molar-refractivity contribution < 1.29 is 25.8 Å². The number of para-hydroxylation sites is 1. The number of nitrogens with zero attached hydrogens (tertiary/aromatic N) is 4. The molecule has 1 aliphatic heterocycles. The monoisotopic (exact) mass is 688 g/mol. The molecule has 5 nitrogen and oxygen atoms in total. The van der Waals surface area contributed by atoms with Gasteiger partial charge in [-0.3, -0.25) is 0 Å². The molecule has 4 aromatic carbocycles. The molecule has 0 spiro atoms. The molecular formula is C33H25N4OPt-3. The number of ether oxygens (including phenoxy) is 1. The average molecular weight is 689 g/mol. The maximum atomic E-state index is 6.25. The second kappa shape index (κ2) is 12.0. The Kier molecular flexibility index (Phi) is 8.09. The van der Waals surface area contributed by atoms with Crippen LogP contribution in [0.5, 0.6) is 11.5 Å². The van der Waals surface area contributed by atoms with Crippen molar-refractivity contribution in [3.8, 4) is 22.6 Å². The van der Waals surface area contributed by atoms with Gasteiger partial charge in [-0.15, -0.1) is 42.1 Å². The van der Waals surface area contributed by atoms with E-state index in [2.05, 4.69) is 64.5 Å². The molecule has 0 N–H and O–H groups in total. The summed E-state index contributed by atoms with van der Waals surface area (Å²) >= 11 is 0. The van der Waals surface area contributed by atoms with E-state index in [1.165, 1.54) is 0 Å². The molecular weight excluding hydrogens is 663 g/mol. The van der Waals surface area contributed by atoms with E-state index in [1.807, 2.05) is 103 Å². The van der Waals surface area contributed by atoms with Crippen LogP contribution in [0, 0.1) is 18.8 Å². The fraction of sp³-hybridized carbons (Fsp3) is 0.0303. The Balaban J connectivity index is 0.00000308. The molecule has 0 bridgehead atoms. The smallest absolute Gasteiger partial charge is 0.135 e. The summed E-state index contributed by atoms with van der Waals surface area (Å²) in [5.74, 6) is 1.99. The largest absolute Gasteiger partial charge is 0.510 e. The maximum Gasteiger partial charge on any atom is 0.135 e. The first-order valence-electron chi connectivity index (χ1n) is 12.4. The van der Waals surface area contributed by atoms with E-state index in [-0.39, 0.29) is 21.1 Å². The zero-order chi connectivity index (χ0) is 25.7. The van der Waals surface area contributed by atoms with Crippen molar-refractivity contribution in [1.29, 1.82) is 0 Å². The van der Waals surface area contributed by atoms with Gasteiger partial charge in [-0.1, -0.05) is 60.3 Å². The summed E-state index contributed by atoms with van der Waals surface area (Å²) in [6.07, 6.45) is 5.77. The Bertz CT molecular complexity index is 1560. The van der Waals surface area contributed by atoms with Crippen molar-refractivity contribution >= 4 is 22.9 Å². The molecule has 1 aromatic heterocycles. The Hall–Kier alpha value is -4.34. The van der Waals surface area contributed by atoms with Gasteiger partial charge < -0.3 is 19.4 Å².